The summed E-state index contributed by atoms with van der Waals surface area (Å²) < 4.78 is 17.2. The lowest BCUT2D eigenvalue weighted by molar-refractivity contribution is -0.122. The van der Waals surface area contributed by atoms with Gasteiger partial charge in [-0.05, 0) is 73.9 Å². The average Bonchev–Trinajstić information content (AvgIpc) is 2.91. The molecular formula is C30H30N2O6. The number of hydrogen-bond acceptors (Lipinski definition) is 6. The molecule has 1 saturated heterocycles. The number of rotatable bonds is 10. The van der Waals surface area contributed by atoms with Crippen LogP contribution in [0, 0.1) is 6.92 Å². The van der Waals surface area contributed by atoms with E-state index >= 15 is 0 Å². The highest BCUT2D eigenvalue weighted by atomic mass is 16.5. The Bertz CT molecular complexity index is 1350. The van der Waals surface area contributed by atoms with Crippen LogP contribution in [0.5, 0.6) is 17.2 Å². The zero-order valence-electron chi connectivity index (χ0n) is 21.7. The van der Waals surface area contributed by atoms with E-state index in [1.807, 2.05) is 45.0 Å². The lowest BCUT2D eigenvalue weighted by Crippen LogP contribution is -2.54. The molecule has 4 rings (SSSR count). The third kappa shape index (κ3) is 6.21. The van der Waals surface area contributed by atoms with Crippen molar-refractivity contribution in [3.63, 3.8) is 0 Å². The number of nitrogens with one attached hydrogen (secondary N) is 1. The number of imide groups is 2. The van der Waals surface area contributed by atoms with Crippen LogP contribution >= 0.6 is 0 Å². The van der Waals surface area contributed by atoms with Crippen molar-refractivity contribution in [3.05, 3.63) is 89.0 Å². The third-order valence-corrected chi connectivity index (χ3v) is 5.76. The SMILES string of the molecule is CCCOc1ccc(/C=C2\C(=O)NC(=O)N(c3ccc(OCc4ccc(C)cc4)cc3)C2=O)cc1OCC. The summed E-state index contributed by atoms with van der Waals surface area (Å²) in [5.74, 6) is 0.180. The van der Waals surface area contributed by atoms with Gasteiger partial charge < -0.3 is 14.2 Å². The van der Waals surface area contributed by atoms with Crippen LogP contribution in [0.3, 0.4) is 0 Å². The van der Waals surface area contributed by atoms with E-state index in [1.54, 1.807) is 42.5 Å². The minimum atomic E-state index is -0.816. The monoisotopic (exact) mass is 514 g/mol. The first-order valence-corrected chi connectivity index (χ1v) is 12.5. The largest absolute Gasteiger partial charge is 0.490 e. The maximum atomic E-state index is 13.3. The number of urea groups is 1. The molecule has 196 valence electrons. The summed E-state index contributed by atoms with van der Waals surface area (Å²) in [6.45, 7) is 7.23. The van der Waals surface area contributed by atoms with Gasteiger partial charge in [0, 0.05) is 0 Å². The number of anilines is 1. The first-order valence-electron chi connectivity index (χ1n) is 12.5. The van der Waals surface area contributed by atoms with Gasteiger partial charge in [-0.1, -0.05) is 42.8 Å². The average molecular weight is 515 g/mol. The number of barbiturate groups is 1. The molecule has 3 aromatic carbocycles. The molecule has 8 heteroatoms. The van der Waals surface area contributed by atoms with Gasteiger partial charge in [0.05, 0.1) is 18.9 Å². The Balaban J connectivity index is 1.53. The summed E-state index contributed by atoms with van der Waals surface area (Å²) in [5.41, 5.74) is 2.89. The molecule has 4 amide bonds. The highest BCUT2D eigenvalue weighted by molar-refractivity contribution is 6.39. The summed E-state index contributed by atoms with van der Waals surface area (Å²) in [4.78, 5) is 39.4. The minimum absolute atomic E-state index is 0.172. The second-order valence-electron chi connectivity index (χ2n) is 8.71. The van der Waals surface area contributed by atoms with Crippen LogP contribution < -0.4 is 24.4 Å². The van der Waals surface area contributed by atoms with E-state index < -0.39 is 17.8 Å². The van der Waals surface area contributed by atoms with Crippen LogP contribution in [-0.4, -0.2) is 31.1 Å². The molecule has 1 aliphatic heterocycles. The molecule has 1 fully saturated rings. The van der Waals surface area contributed by atoms with Gasteiger partial charge in [0.15, 0.2) is 11.5 Å². The van der Waals surface area contributed by atoms with Gasteiger partial charge in [-0.15, -0.1) is 0 Å². The number of carbonyl (C=O) groups excluding carboxylic acids is 3. The molecule has 0 atom stereocenters. The molecule has 0 aliphatic carbocycles. The molecule has 0 bridgehead atoms. The Morgan fingerprint density at radius 2 is 1.58 bits per heavy atom. The van der Waals surface area contributed by atoms with Crippen LogP contribution in [-0.2, 0) is 16.2 Å². The molecule has 1 heterocycles. The number of ether oxygens (including phenoxy) is 3. The molecule has 0 aromatic heterocycles. The topological polar surface area (TPSA) is 94.2 Å². The molecule has 1 N–H and O–H groups in total. The second-order valence-corrected chi connectivity index (χ2v) is 8.71. The lowest BCUT2D eigenvalue weighted by atomic mass is 10.1. The van der Waals surface area contributed by atoms with Crippen molar-refractivity contribution >= 4 is 29.6 Å². The smallest absolute Gasteiger partial charge is 0.335 e. The predicted molar refractivity (Wildman–Crippen MR) is 144 cm³/mol. The molecule has 1 aliphatic rings. The Hall–Kier alpha value is -4.59. The zero-order valence-corrected chi connectivity index (χ0v) is 21.7. The van der Waals surface area contributed by atoms with Gasteiger partial charge >= 0.3 is 6.03 Å². The number of nitrogens with zero attached hydrogens (tertiary/aromatic N) is 1. The first kappa shape index (κ1) is 26.5. The number of amides is 4. The molecule has 3 aromatic rings. The normalized spacial score (nSPS) is 14.4. The zero-order chi connectivity index (χ0) is 27.1. The Morgan fingerprint density at radius 3 is 2.26 bits per heavy atom. The molecule has 0 radical (unpaired) electrons. The Labute approximate surface area is 221 Å². The van der Waals surface area contributed by atoms with Gasteiger partial charge in [0.25, 0.3) is 11.8 Å². The molecule has 0 spiro atoms. The Morgan fingerprint density at radius 1 is 0.842 bits per heavy atom. The maximum absolute atomic E-state index is 13.3. The second kappa shape index (κ2) is 12.1. The number of hydrogen-bond donors (Lipinski definition) is 1. The molecule has 8 nitrogen and oxygen atoms in total. The van der Waals surface area contributed by atoms with Crippen LogP contribution in [0.4, 0.5) is 10.5 Å². The third-order valence-electron chi connectivity index (χ3n) is 5.76. The lowest BCUT2D eigenvalue weighted by Gasteiger charge is -2.26. The molecular weight excluding hydrogens is 484 g/mol. The highest BCUT2D eigenvalue weighted by Crippen LogP contribution is 2.31. The van der Waals surface area contributed by atoms with E-state index in [2.05, 4.69) is 5.32 Å². The number of aryl methyl sites for hydroxylation is 1. The van der Waals surface area contributed by atoms with Gasteiger partial charge in [-0.25, -0.2) is 9.69 Å². The van der Waals surface area contributed by atoms with Crippen molar-refractivity contribution in [2.45, 2.75) is 33.8 Å². The van der Waals surface area contributed by atoms with E-state index in [-0.39, 0.29) is 5.57 Å². The van der Waals surface area contributed by atoms with Crippen LogP contribution in [0.1, 0.15) is 37.0 Å². The molecule has 38 heavy (non-hydrogen) atoms. The van der Waals surface area contributed by atoms with Gasteiger partial charge in [-0.2, -0.15) is 0 Å². The summed E-state index contributed by atoms with van der Waals surface area (Å²) >= 11 is 0. The van der Waals surface area contributed by atoms with Gasteiger partial charge in [0.2, 0.25) is 0 Å². The van der Waals surface area contributed by atoms with E-state index in [9.17, 15) is 14.4 Å². The van der Waals surface area contributed by atoms with E-state index in [1.165, 1.54) is 11.6 Å². The Kier molecular flexibility index (Phi) is 8.43. The van der Waals surface area contributed by atoms with Crippen LogP contribution in [0.25, 0.3) is 6.08 Å². The van der Waals surface area contributed by atoms with Gasteiger partial charge in [-0.3, -0.25) is 14.9 Å². The van der Waals surface area contributed by atoms with Crippen molar-refractivity contribution in [3.8, 4) is 17.2 Å². The summed E-state index contributed by atoms with van der Waals surface area (Å²) in [5, 5.41) is 2.25. The van der Waals surface area contributed by atoms with E-state index in [4.69, 9.17) is 14.2 Å². The predicted octanol–water partition coefficient (Wildman–Crippen LogP) is 5.43. The fourth-order valence-corrected chi connectivity index (χ4v) is 3.82. The fraction of sp³-hybridized carbons (Fsp3) is 0.233. The summed E-state index contributed by atoms with van der Waals surface area (Å²) in [6.07, 6.45) is 2.28. The summed E-state index contributed by atoms with van der Waals surface area (Å²) in [6, 6.07) is 18.9. The van der Waals surface area contributed by atoms with Crippen molar-refractivity contribution in [2.75, 3.05) is 18.1 Å². The minimum Gasteiger partial charge on any atom is -0.490 e. The van der Waals surface area contributed by atoms with E-state index in [0.717, 1.165) is 16.9 Å². The molecule has 0 saturated carbocycles. The van der Waals surface area contributed by atoms with Crippen molar-refractivity contribution in [1.82, 2.24) is 5.32 Å². The van der Waals surface area contributed by atoms with Crippen LogP contribution in [0.15, 0.2) is 72.3 Å². The highest BCUT2D eigenvalue weighted by Gasteiger charge is 2.36. The summed E-state index contributed by atoms with van der Waals surface area (Å²) in [7, 11) is 0. The quantitative estimate of drug-likeness (QED) is 0.287. The number of benzene rings is 3. The fourth-order valence-electron chi connectivity index (χ4n) is 3.82. The van der Waals surface area contributed by atoms with Crippen LogP contribution in [0.2, 0.25) is 0 Å². The van der Waals surface area contributed by atoms with E-state index in [0.29, 0.717) is 48.3 Å². The van der Waals surface area contributed by atoms with Crippen molar-refractivity contribution < 1.29 is 28.6 Å². The van der Waals surface area contributed by atoms with Crippen molar-refractivity contribution in [1.29, 1.82) is 0 Å². The van der Waals surface area contributed by atoms with Crippen molar-refractivity contribution in [2.24, 2.45) is 0 Å². The van der Waals surface area contributed by atoms with Gasteiger partial charge in [0.1, 0.15) is 17.9 Å². The maximum Gasteiger partial charge on any atom is 0.335 e. The number of carbonyl (C=O) groups is 3. The standard InChI is InChI=1S/C30H30N2O6/c1-4-16-37-26-15-10-22(18-27(26)36-5-2)17-25-28(33)31-30(35)32(29(25)34)23-11-13-24(14-12-23)38-19-21-8-6-20(3)7-9-21/h6-15,17-18H,4-5,16,19H2,1-3H3,(H,31,33,35)/b25-17+. The first-order chi connectivity index (χ1) is 18.4. The molecule has 0 unspecified atom stereocenters.